The number of carbonyl (C=O) groups excluding carboxylic acids is 1. The largest absolute Gasteiger partial charge is 0.383 e. The summed E-state index contributed by atoms with van der Waals surface area (Å²) in [7, 11) is 5.45. The summed E-state index contributed by atoms with van der Waals surface area (Å²) in [6.45, 7) is 1.84. The number of aromatic nitrogens is 3. The van der Waals surface area contributed by atoms with E-state index >= 15 is 0 Å². The van der Waals surface area contributed by atoms with Gasteiger partial charge in [0.15, 0.2) is 11.4 Å². The first-order valence-electron chi connectivity index (χ1n) is 8.43. The van der Waals surface area contributed by atoms with E-state index in [1.54, 1.807) is 17.8 Å². The van der Waals surface area contributed by atoms with Crippen LogP contribution in [0.3, 0.4) is 0 Å². The number of rotatable bonds is 6. The zero-order chi connectivity index (χ0) is 19.6. The van der Waals surface area contributed by atoms with Gasteiger partial charge in [-0.15, -0.1) is 0 Å². The fourth-order valence-electron chi connectivity index (χ4n) is 2.87. The van der Waals surface area contributed by atoms with E-state index in [2.05, 4.69) is 4.98 Å². The van der Waals surface area contributed by atoms with Gasteiger partial charge >= 0.3 is 0 Å². The minimum absolute atomic E-state index is 0.0732. The third-order valence-electron chi connectivity index (χ3n) is 4.06. The van der Waals surface area contributed by atoms with Gasteiger partial charge in [-0.25, -0.2) is 9.50 Å². The van der Waals surface area contributed by atoms with Gasteiger partial charge < -0.3 is 9.64 Å². The van der Waals surface area contributed by atoms with E-state index in [1.807, 2.05) is 55.5 Å². The van der Waals surface area contributed by atoms with Gasteiger partial charge in [0.1, 0.15) is 0 Å². The van der Waals surface area contributed by atoms with E-state index in [4.69, 9.17) is 21.4 Å². The average Bonchev–Trinajstić information content (AvgIpc) is 2.97. The van der Waals surface area contributed by atoms with E-state index in [-0.39, 0.29) is 5.78 Å². The molecule has 7 heteroatoms. The summed E-state index contributed by atoms with van der Waals surface area (Å²) in [5, 5.41) is 5.32. The Morgan fingerprint density at radius 3 is 2.78 bits per heavy atom. The van der Waals surface area contributed by atoms with Crippen LogP contribution in [-0.2, 0) is 11.3 Å². The molecule has 1 aromatic carbocycles. The number of hydrogen-bond acceptors (Lipinski definition) is 5. The zero-order valence-corrected chi connectivity index (χ0v) is 16.5. The molecule has 0 aliphatic carbocycles. The molecule has 3 aromatic rings. The van der Waals surface area contributed by atoms with Crippen molar-refractivity contribution in [2.24, 2.45) is 0 Å². The number of benzene rings is 1. The van der Waals surface area contributed by atoms with Gasteiger partial charge in [-0.3, -0.25) is 4.79 Å². The van der Waals surface area contributed by atoms with Gasteiger partial charge in [0.2, 0.25) is 0 Å². The minimum atomic E-state index is -0.0732. The second kappa shape index (κ2) is 7.90. The quantitative estimate of drug-likeness (QED) is 0.602. The summed E-state index contributed by atoms with van der Waals surface area (Å²) in [6, 6.07) is 7.53. The van der Waals surface area contributed by atoms with Crippen molar-refractivity contribution in [1.29, 1.82) is 0 Å². The van der Waals surface area contributed by atoms with Crippen LogP contribution in [0.1, 0.15) is 28.7 Å². The lowest BCUT2D eigenvalue weighted by Crippen LogP contribution is -2.07. The lowest BCUT2D eigenvalue weighted by Gasteiger charge is -2.08. The lowest BCUT2D eigenvalue weighted by molar-refractivity contribution is 0.101. The number of ether oxygens (including phenoxy) is 1. The van der Waals surface area contributed by atoms with Crippen molar-refractivity contribution in [3.05, 3.63) is 58.6 Å². The monoisotopic (exact) mass is 384 g/mol. The van der Waals surface area contributed by atoms with E-state index in [0.29, 0.717) is 28.5 Å². The minimum Gasteiger partial charge on any atom is -0.383 e. The van der Waals surface area contributed by atoms with Gasteiger partial charge in [0, 0.05) is 38.6 Å². The predicted octanol–water partition coefficient (Wildman–Crippen LogP) is 3.93. The number of halogens is 1. The van der Waals surface area contributed by atoms with Gasteiger partial charge in [-0.1, -0.05) is 23.7 Å². The Labute approximate surface area is 163 Å². The molecule has 0 amide bonds. The SMILES string of the molecule is COCc1nn2c(C=CN(C)C)c(C(C)=O)cnc2c1-c1cccc(Cl)c1. The molecule has 0 saturated carbocycles. The van der Waals surface area contributed by atoms with Crippen molar-refractivity contribution >= 4 is 29.1 Å². The maximum Gasteiger partial charge on any atom is 0.163 e. The molecule has 0 fully saturated rings. The molecule has 0 aliphatic heterocycles. The third kappa shape index (κ3) is 3.86. The Balaban J connectivity index is 2.35. The molecule has 140 valence electrons. The number of methoxy groups -OCH3 is 1. The second-order valence-corrected chi connectivity index (χ2v) is 6.83. The highest BCUT2D eigenvalue weighted by molar-refractivity contribution is 6.30. The van der Waals surface area contributed by atoms with Crippen molar-refractivity contribution < 1.29 is 9.53 Å². The molecule has 3 rings (SSSR count). The fraction of sp³-hybridized carbons (Fsp3) is 0.250. The molecule has 2 aromatic heterocycles. The first-order chi connectivity index (χ1) is 12.9. The molecule has 2 heterocycles. The summed E-state index contributed by atoms with van der Waals surface area (Å²) in [4.78, 5) is 18.5. The van der Waals surface area contributed by atoms with Crippen LogP contribution in [0, 0.1) is 0 Å². The number of ketones is 1. The molecule has 0 saturated heterocycles. The number of carbonyl (C=O) groups is 1. The predicted molar refractivity (Wildman–Crippen MR) is 107 cm³/mol. The Kier molecular flexibility index (Phi) is 5.58. The van der Waals surface area contributed by atoms with Crippen molar-refractivity contribution in [2.75, 3.05) is 21.2 Å². The second-order valence-electron chi connectivity index (χ2n) is 6.39. The van der Waals surface area contributed by atoms with Crippen LogP contribution >= 0.6 is 11.6 Å². The number of Topliss-reactive ketones (excluding diaryl/α,β-unsaturated/α-hetero) is 1. The molecule has 0 N–H and O–H groups in total. The van der Waals surface area contributed by atoms with Crippen LogP contribution in [-0.4, -0.2) is 46.5 Å². The normalized spacial score (nSPS) is 11.4. The number of nitrogens with zero attached hydrogens (tertiary/aromatic N) is 4. The smallest absolute Gasteiger partial charge is 0.163 e. The highest BCUT2D eigenvalue weighted by atomic mass is 35.5. The molecular formula is C20H21ClN4O2. The summed E-state index contributed by atoms with van der Waals surface area (Å²) in [5.74, 6) is -0.0732. The van der Waals surface area contributed by atoms with E-state index in [0.717, 1.165) is 16.8 Å². The highest BCUT2D eigenvalue weighted by Gasteiger charge is 2.20. The molecule has 0 atom stereocenters. The van der Waals surface area contributed by atoms with Crippen molar-refractivity contribution in [3.8, 4) is 11.1 Å². The fourth-order valence-corrected chi connectivity index (χ4v) is 3.07. The molecule has 0 bridgehead atoms. The van der Waals surface area contributed by atoms with Crippen molar-refractivity contribution in [2.45, 2.75) is 13.5 Å². The molecule has 0 radical (unpaired) electrons. The molecule has 6 nitrogen and oxygen atoms in total. The third-order valence-corrected chi connectivity index (χ3v) is 4.29. The molecule has 0 spiro atoms. The standard InChI is InChI=1S/C20H21ClN4O2/c1-13(26)16-11-22-20-19(14-6-5-7-15(21)10-14)17(12-27-4)23-25(20)18(16)8-9-24(2)3/h5-11H,12H2,1-4H3. The van der Waals surface area contributed by atoms with Crippen molar-refractivity contribution in [3.63, 3.8) is 0 Å². The number of fused-ring (bicyclic) bond motifs is 1. The zero-order valence-electron chi connectivity index (χ0n) is 15.7. The summed E-state index contributed by atoms with van der Waals surface area (Å²) < 4.78 is 7.03. The maximum atomic E-state index is 12.1. The first kappa shape index (κ1) is 19.1. The lowest BCUT2D eigenvalue weighted by atomic mass is 10.1. The average molecular weight is 385 g/mol. The molecule has 0 aliphatic rings. The topological polar surface area (TPSA) is 59.7 Å². The van der Waals surface area contributed by atoms with Gasteiger partial charge in [-0.05, 0) is 30.7 Å². The van der Waals surface area contributed by atoms with Crippen LogP contribution in [0.25, 0.3) is 22.9 Å². The Morgan fingerprint density at radius 2 is 2.15 bits per heavy atom. The summed E-state index contributed by atoms with van der Waals surface area (Å²) >= 11 is 6.18. The molecule has 27 heavy (non-hydrogen) atoms. The van der Waals surface area contributed by atoms with Gasteiger partial charge in [-0.2, -0.15) is 5.10 Å². The molecular weight excluding hydrogens is 364 g/mol. The van der Waals surface area contributed by atoms with Gasteiger partial charge in [0.05, 0.1) is 29.1 Å². The van der Waals surface area contributed by atoms with Crippen LogP contribution in [0.15, 0.2) is 36.7 Å². The number of hydrogen-bond donors (Lipinski definition) is 0. The summed E-state index contributed by atoms with van der Waals surface area (Å²) in [5.41, 5.74) is 4.29. The Hall–Kier alpha value is -2.70. The first-order valence-corrected chi connectivity index (χ1v) is 8.81. The summed E-state index contributed by atoms with van der Waals surface area (Å²) in [6.07, 6.45) is 5.33. The van der Waals surface area contributed by atoms with E-state index in [9.17, 15) is 4.79 Å². The van der Waals surface area contributed by atoms with Crippen LogP contribution in [0.4, 0.5) is 0 Å². The Morgan fingerprint density at radius 1 is 1.37 bits per heavy atom. The van der Waals surface area contributed by atoms with Gasteiger partial charge in [0.25, 0.3) is 0 Å². The van der Waals surface area contributed by atoms with Crippen LogP contribution in [0.2, 0.25) is 5.02 Å². The molecule has 0 unspecified atom stereocenters. The Bertz CT molecular complexity index is 1020. The van der Waals surface area contributed by atoms with Crippen molar-refractivity contribution in [1.82, 2.24) is 19.5 Å². The maximum absolute atomic E-state index is 12.1. The van der Waals surface area contributed by atoms with E-state index in [1.165, 1.54) is 6.92 Å². The van der Waals surface area contributed by atoms with Crippen LogP contribution in [0.5, 0.6) is 0 Å². The van der Waals surface area contributed by atoms with E-state index < -0.39 is 0 Å². The highest BCUT2D eigenvalue weighted by Crippen LogP contribution is 2.31. The van der Waals surface area contributed by atoms with Crippen LogP contribution < -0.4 is 0 Å².